The normalized spacial score (nSPS) is 10.5. The Bertz CT molecular complexity index is 513. The number of phenolic OH excluding ortho intramolecular Hbond substituents is 1. The number of aromatic hydroxyl groups is 1. The highest BCUT2D eigenvalue weighted by Crippen LogP contribution is 2.39. The Morgan fingerprint density at radius 3 is 2.80 bits per heavy atom. The number of halogens is 2. The van der Waals surface area contributed by atoms with E-state index in [0.717, 1.165) is 0 Å². The van der Waals surface area contributed by atoms with Crippen molar-refractivity contribution in [3.63, 3.8) is 0 Å². The number of phenols is 1. The number of nitrogen functional groups attached to an aromatic ring is 1. The predicted molar refractivity (Wildman–Crippen MR) is 60.7 cm³/mol. The lowest BCUT2D eigenvalue weighted by atomic mass is 10.1. The molecule has 4 nitrogen and oxygen atoms in total. The van der Waals surface area contributed by atoms with Crippen molar-refractivity contribution in [1.82, 2.24) is 5.16 Å². The smallest absolute Gasteiger partial charge is 0.193 e. The Hall–Kier alpha value is -1.20. The average Bonchev–Trinajstić information content (AvgIpc) is 2.58. The molecule has 0 bridgehead atoms. The van der Waals surface area contributed by atoms with Gasteiger partial charge in [0.1, 0.15) is 11.4 Å². The van der Waals surface area contributed by atoms with Crippen LogP contribution in [0.25, 0.3) is 11.3 Å². The minimum Gasteiger partial charge on any atom is -0.506 e. The van der Waals surface area contributed by atoms with E-state index < -0.39 is 0 Å². The van der Waals surface area contributed by atoms with Gasteiger partial charge < -0.3 is 15.4 Å². The summed E-state index contributed by atoms with van der Waals surface area (Å²) in [5, 5.41) is 13.8. The molecule has 1 aromatic carbocycles. The van der Waals surface area contributed by atoms with E-state index in [4.69, 9.17) is 21.9 Å². The summed E-state index contributed by atoms with van der Waals surface area (Å²) in [6.07, 6.45) is 1.36. The van der Waals surface area contributed by atoms with E-state index in [-0.39, 0.29) is 5.75 Å². The summed E-state index contributed by atoms with van der Waals surface area (Å²) in [4.78, 5) is 0. The van der Waals surface area contributed by atoms with Crippen LogP contribution in [-0.2, 0) is 0 Å². The molecule has 15 heavy (non-hydrogen) atoms. The van der Waals surface area contributed by atoms with Gasteiger partial charge in [-0.15, -0.1) is 0 Å². The number of nitrogens with zero attached hydrogens (tertiary/aromatic N) is 1. The number of benzene rings is 1. The molecule has 0 amide bonds. The van der Waals surface area contributed by atoms with Crippen molar-refractivity contribution >= 4 is 33.2 Å². The number of hydrogen-bond donors (Lipinski definition) is 2. The van der Waals surface area contributed by atoms with Crippen molar-refractivity contribution in [2.75, 3.05) is 5.73 Å². The van der Waals surface area contributed by atoms with Crippen LogP contribution < -0.4 is 5.73 Å². The maximum Gasteiger partial charge on any atom is 0.193 e. The standard InChI is InChI=1S/C9H6BrClN2O2/c10-6-2-4(11)1-5(8(6)14)9-7(12)3-13-15-9/h1-3,14H,12H2. The fraction of sp³-hybridized carbons (Fsp3) is 0. The van der Waals surface area contributed by atoms with Gasteiger partial charge in [0, 0.05) is 5.02 Å². The van der Waals surface area contributed by atoms with Gasteiger partial charge in [-0.25, -0.2) is 0 Å². The molecule has 0 aliphatic heterocycles. The topological polar surface area (TPSA) is 72.3 Å². The zero-order chi connectivity index (χ0) is 11.0. The third kappa shape index (κ3) is 1.80. The molecule has 78 valence electrons. The van der Waals surface area contributed by atoms with Crippen LogP contribution in [0.5, 0.6) is 5.75 Å². The van der Waals surface area contributed by atoms with Gasteiger partial charge in [0.2, 0.25) is 0 Å². The maximum absolute atomic E-state index is 9.77. The number of nitrogens with two attached hydrogens (primary N) is 1. The quantitative estimate of drug-likeness (QED) is 0.846. The van der Waals surface area contributed by atoms with E-state index in [0.29, 0.717) is 26.5 Å². The molecule has 2 rings (SSSR count). The lowest BCUT2D eigenvalue weighted by Crippen LogP contribution is -1.86. The van der Waals surface area contributed by atoms with Crippen molar-refractivity contribution in [1.29, 1.82) is 0 Å². The minimum absolute atomic E-state index is 0.0165. The predicted octanol–water partition coefficient (Wildman–Crippen LogP) is 3.05. The summed E-state index contributed by atoms with van der Waals surface area (Å²) in [7, 11) is 0. The van der Waals surface area contributed by atoms with Gasteiger partial charge in [0.25, 0.3) is 0 Å². The summed E-state index contributed by atoms with van der Waals surface area (Å²) in [6, 6.07) is 3.13. The molecule has 1 heterocycles. The van der Waals surface area contributed by atoms with Gasteiger partial charge in [-0.3, -0.25) is 0 Å². The van der Waals surface area contributed by atoms with Crippen molar-refractivity contribution in [3.8, 4) is 17.1 Å². The summed E-state index contributed by atoms with van der Waals surface area (Å²) in [5.41, 5.74) is 6.37. The Kier molecular flexibility index (Phi) is 2.58. The average molecular weight is 290 g/mol. The molecule has 0 aliphatic carbocycles. The summed E-state index contributed by atoms with van der Waals surface area (Å²) in [6.45, 7) is 0. The molecule has 6 heteroatoms. The fourth-order valence-electron chi connectivity index (χ4n) is 1.19. The van der Waals surface area contributed by atoms with E-state index in [9.17, 15) is 5.11 Å². The largest absolute Gasteiger partial charge is 0.506 e. The molecule has 2 aromatic rings. The molecule has 0 fully saturated rings. The summed E-state index contributed by atoms with van der Waals surface area (Å²) < 4.78 is 5.40. The first-order chi connectivity index (χ1) is 7.09. The van der Waals surface area contributed by atoms with E-state index in [2.05, 4.69) is 21.1 Å². The molecule has 0 saturated heterocycles. The minimum atomic E-state index is 0.0165. The third-order valence-electron chi connectivity index (χ3n) is 1.87. The number of anilines is 1. The van der Waals surface area contributed by atoms with E-state index >= 15 is 0 Å². The molecular weight excluding hydrogens is 283 g/mol. The van der Waals surface area contributed by atoms with Crippen LogP contribution >= 0.6 is 27.5 Å². The molecule has 0 unspecified atom stereocenters. The fourth-order valence-corrected chi connectivity index (χ4v) is 2.00. The Labute approximate surface area is 98.8 Å². The lowest BCUT2D eigenvalue weighted by molar-refractivity contribution is 0.426. The molecule has 0 aliphatic rings. The van der Waals surface area contributed by atoms with Gasteiger partial charge in [-0.2, -0.15) is 0 Å². The van der Waals surface area contributed by atoms with Crippen LogP contribution in [0.4, 0.5) is 5.69 Å². The molecule has 1 aromatic heterocycles. The number of rotatable bonds is 1. The number of aromatic nitrogens is 1. The zero-order valence-corrected chi connectivity index (χ0v) is 9.71. The van der Waals surface area contributed by atoms with Crippen molar-refractivity contribution in [3.05, 3.63) is 27.8 Å². The lowest BCUT2D eigenvalue weighted by Gasteiger charge is -2.04. The molecule has 0 radical (unpaired) electrons. The van der Waals surface area contributed by atoms with Crippen molar-refractivity contribution in [2.45, 2.75) is 0 Å². The molecule has 0 spiro atoms. The highest BCUT2D eigenvalue weighted by atomic mass is 79.9. The molecular formula is C9H6BrClN2O2. The molecule has 3 N–H and O–H groups in total. The highest BCUT2D eigenvalue weighted by molar-refractivity contribution is 9.10. The number of hydrogen-bond acceptors (Lipinski definition) is 4. The summed E-state index contributed by atoms with van der Waals surface area (Å²) in [5.74, 6) is 0.318. The Morgan fingerprint density at radius 1 is 1.47 bits per heavy atom. The van der Waals surface area contributed by atoms with Crippen LogP contribution in [0.3, 0.4) is 0 Å². The second-order valence-corrected chi connectivity index (χ2v) is 4.18. The van der Waals surface area contributed by atoms with E-state index in [1.807, 2.05) is 0 Å². The molecule has 0 atom stereocenters. The maximum atomic E-state index is 9.77. The second kappa shape index (κ2) is 3.75. The molecule has 0 saturated carbocycles. The van der Waals surface area contributed by atoms with Crippen LogP contribution in [0, 0.1) is 0 Å². The van der Waals surface area contributed by atoms with Gasteiger partial charge in [0.05, 0.1) is 16.2 Å². The van der Waals surface area contributed by atoms with Gasteiger partial charge in [-0.05, 0) is 28.1 Å². The first-order valence-corrected chi connectivity index (χ1v) is 5.15. The van der Waals surface area contributed by atoms with Crippen LogP contribution in [0.1, 0.15) is 0 Å². The van der Waals surface area contributed by atoms with Gasteiger partial charge in [0.15, 0.2) is 5.76 Å². The van der Waals surface area contributed by atoms with Crippen LogP contribution in [0.15, 0.2) is 27.3 Å². The first-order valence-electron chi connectivity index (χ1n) is 3.98. The van der Waals surface area contributed by atoms with Crippen molar-refractivity contribution in [2.24, 2.45) is 0 Å². The summed E-state index contributed by atoms with van der Waals surface area (Å²) >= 11 is 9.02. The monoisotopic (exact) mass is 288 g/mol. The third-order valence-corrected chi connectivity index (χ3v) is 2.69. The first kappa shape index (κ1) is 10.3. The highest BCUT2D eigenvalue weighted by Gasteiger charge is 2.15. The van der Waals surface area contributed by atoms with Crippen LogP contribution in [-0.4, -0.2) is 10.3 Å². The van der Waals surface area contributed by atoms with Gasteiger partial charge >= 0.3 is 0 Å². The zero-order valence-electron chi connectivity index (χ0n) is 7.37. The van der Waals surface area contributed by atoms with E-state index in [1.165, 1.54) is 6.20 Å². The SMILES string of the molecule is Nc1cnoc1-c1cc(Cl)cc(Br)c1O. The Balaban J connectivity index is 2.68. The van der Waals surface area contributed by atoms with Crippen molar-refractivity contribution < 1.29 is 9.63 Å². The van der Waals surface area contributed by atoms with Gasteiger partial charge in [-0.1, -0.05) is 16.8 Å². The van der Waals surface area contributed by atoms with E-state index in [1.54, 1.807) is 12.1 Å². The second-order valence-electron chi connectivity index (χ2n) is 2.89. The van der Waals surface area contributed by atoms with Crippen LogP contribution in [0.2, 0.25) is 5.02 Å². The Morgan fingerprint density at radius 2 is 2.20 bits per heavy atom.